The minimum Gasteiger partial charge on any atom is -0.477 e. The molecule has 0 saturated heterocycles. The van der Waals surface area contributed by atoms with Crippen LogP contribution in [-0.2, 0) is 16.0 Å². The van der Waals surface area contributed by atoms with Crippen LogP contribution in [-0.4, -0.2) is 17.5 Å². The van der Waals surface area contributed by atoms with Crippen molar-refractivity contribution >= 4 is 39.9 Å². The first kappa shape index (κ1) is 22.2. The van der Waals surface area contributed by atoms with E-state index in [4.69, 9.17) is 21.1 Å². The first-order valence-electron chi connectivity index (χ1n) is 10.6. The monoisotopic (exact) mass is 451 g/mol. The quantitative estimate of drug-likeness (QED) is 0.388. The lowest BCUT2D eigenvalue weighted by Gasteiger charge is -2.37. The average molecular weight is 452 g/mol. The highest BCUT2D eigenvalue weighted by molar-refractivity contribution is 6.36. The van der Waals surface area contributed by atoms with Crippen LogP contribution in [0.3, 0.4) is 0 Å². The number of hydrogen-bond donors (Lipinski definition) is 1. The highest BCUT2D eigenvalue weighted by Crippen LogP contribution is 2.44. The molecule has 4 rings (SSSR count). The lowest BCUT2D eigenvalue weighted by molar-refractivity contribution is -0.132. The molecule has 5 nitrogen and oxygen atoms in total. The summed E-state index contributed by atoms with van der Waals surface area (Å²) in [5.41, 5.74) is 3.22. The molecule has 1 aliphatic heterocycles. The van der Waals surface area contributed by atoms with Gasteiger partial charge in [0.1, 0.15) is 11.5 Å². The second-order valence-corrected chi connectivity index (χ2v) is 8.94. The fourth-order valence-electron chi connectivity index (χ4n) is 4.32. The van der Waals surface area contributed by atoms with Crippen LogP contribution in [0.4, 0.5) is 5.69 Å². The number of anilines is 1. The summed E-state index contributed by atoms with van der Waals surface area (Å²) < 4.78 is 11.8. The number of nitrogens with one attached hydrogen (secondary N) is 1. The van der Waals surface area contributed by atoms with Crippen molar-refractivity contribution in [2.24, 2.45) is 0 Å². The van der Waals surface area contributed by atoms with E-state index in [1.54, 1.807) is 6.07 Å². The predicted molar refractivity (Wildman–Crippen MR) is 127 cm³/mol. The second-order valence-electron chi connectivity index (χ2n) is 8.53. The molecule has 6 heteroatoms. The van der Waals surface area contributed by atoms with Crippen molar-refractivity contribution < 1.29 is 19.1 Å². The van der Waals surface area contributed by atoms with E-state index in [0.717, 1.165) is 33.0 Å². The van der Waals surface area contributed by atoms with Crippen molar-refractivity contribution in [1.82, 2.24) is 0 Å². The molecular weight excluding hydrogens is 426 g/mol. The van der Waals surface area contributed by atoms with E-state index in [2.05, 4.69) is 5.32 Å². The van der Waals surface area contributed by atoms with E-state index >= 15 is 0 Å². The Hall–Kier alpha value is -3.05. The van der Waals surface area contributed by atoms with Crippen molar-refractivity contribution in [3.8, 4) is 11.5 Å². The number of benzene rings is 3. The topological polar surface area (TPSA) is 64.6 Å². The zero-order chi connectivity index (χ0) is 23.2. The number of rotatable bonds is 3. The van der Waals surface area contributed by atoms with Gasteiger partial charge in [0.25, 0.3) is 5.91 Å². The molecule has 1 atom stereocenters. The molecule has 0 radical (unpaired) electrons. The van der Waals surface area contributed by atoms with Gasteiger partial charge in [0.05, 0.1) is 0 Å². The van der Waals surface area contributed by atoms with E-state index in [-0.39, 0.29) is 11.9 Å². The largest absolute Gasteiger partial charge is 0.477 e. The van der Waals surface area contributed by atoms with Crippen molar-refractivity contribution in [2.75, 3.05) is 5.32 Å². The number of amides is 1. The smallest absolute Gasteiger partial charge is 0.308 e. The molecule has 32 heavy (non-hydrogen) atoms. The van der Waals surface area contributed by atoms with E-state index < -0.39 is 5.60 Å². The Labute approximate surface area is 192 Å². The Morgan fingerprint density at radius 3 is 2.41 bits per heavy atom. The number of halogens is 1. The van der Waals surface area contributed by atoms with Crippen LogP contribution in [0.15, 0.2) is 36.4 Å². The number of esters is 1. The van der Waals surface area contributed by atoms with Gasteiger partial charge in [-0.05, 0) is 62.9 Å². The van der Waals surface area contributed by atoms with Crippen LogP contribution < -0.4 is 14.8 Å². The molecule has 3 aromatic carbocycles. The van der Waals surface area contributed by atoms with Crippen molar-refractivity contribution in [3.05, 3.63) is 63.7 Å². The summed E-state index contributed by atoms with van der Waals surface area (Å²) in [7, 11) is 0. The molecular formula is C26H26ClNO4. The predicted octanol–water partition coefficient (Wildman–Crippen LogP) is 6.07. The number of ether oxygens (including phenoxy) is 2. The maximum absolute atomic E-state index is 13.4. The standard InChI is InChI=1S/C26H26ClNO4/c1-14-15(2)24-18(16(3)23(14)31-17(4)29)12-13-26(5,32-24)25(30)28-22-11-10-21(27)19-8-6-7-9-20(19)22/h6-11H,12-13H2,1-5H3,(H,28,30). The first-order valence-corrected chi connectivity index (χ1v) is 11.0. The fourth-order valence-corrected chi connectivity index (χ4v) is 4.54. The van der Waals surface area contributed by atoms with Crippen LogP contribution in [0, 0.1) is 20.8 Å². The highest BCUT2D eigenvalue weighted by Gasteiger charge is 2.41. The van der Waals surface area contributed by atoms with Gasteiger partial charge < -0.3 is 14.8 Å². The third kappa shape index (κ3) is 3.71. The van der Waals surface area contributed by atoms with Crippen molar-refractivity contribution in [1.29, 1.82) is 0 Å². The Morgan fingerprint density at radius 2 is 1.72 bits per heavy atom. The van der Waals surface area contributed by atoms with Gasteiger partial charge in [0.15, 0.2) is 5.60 Å². The van der Waals surface area contributed by atoms with E-state index in [9.17, 15) is 9.59 Å². The highest BCUT2D eigenvalue weighted by atomic mass is 35.5. The number of carbonyl (C=O) groups excluding carboxylic acids is 2. The minimum absolute atomic E-state index is 0.214. The molecule has 1 amide bonds. The Bertz CT molecular complexity index is 1270. The Kier molecular flexibility index (Phi) is 5.63. The van der Waals surface area contributed by atoms with Crippen molar-refractivity contribution in [3.63, 3.8) is 0 Å². The average Bonchev–Trinajstić information content (AvgIpc) is 2.77. The molecule has 0 spiro atoms. The molecule has 1 aliphatic rings. The molecule has 0 fully saturated rings. The van der Waals surface area contributed by atoms with Gasteiger partial charge in [0, 0.05) is 40.4 Å². The summed E-state index contributed by atoms with van der Waals surface area (Å²) >= 11 is 6.32. The molecule has 166 valence electrons. The van der Waals surface area contributed by atoms with Gasteiger partial charge in [-0.25, -0.2) is 0 Å². The van der Waals surface area contributed by atoms with Crippen LogP contribution >= 0.6 is 11.6 Å². The fraction of sp³-hybridized carbons (Fsp3) is 0.308. The molecule has 3 aromatic rings. The second kappa shape index (κ2) is 8.14. The normalized spacial score (nSPS) is 17.4. The molecule has 1 N–H and O–H groups in total. The van der Waals surface area contributed by atoms with E-state index in [0.29, 0.717) is 35.1 Å². The molecule has 0 aliphatic carbocycles. The first-order chi connectivity index (χ1) is 15.1. The minimum atomic E-state index is -1.04. The van der Waals surface area contributed by atoms with E-state index in [1.807, 2.05) is 58.0 Å². The molecule has 0 saturated carbocycles. The summed E-state index contributed by atoms with van der Waals surface area (Å²) in [5, 5.41) is 5.44. The number of hydrogen-bond acceptors (Lipinski definition) is 4. The zero-order valence-corrected chi connectivity index (χ0v) is 19.6. The molecule has 0 aromatic heterocycles. The summed E-state index contributed by atoms with van der Waals surface area (Å²) in [6.07, 6.45) is 1.14. The number of fused-ring (bicyclic) bond motifs is 2. The van der Waals surface area contributed by atoms with Gasteiger partial charge in [-0.2, -0.15) is 0 Å². The lowest BCUT2D eigenvalue weighted by Crippen LogP contribution is -2.48. The number of carbonyl (C=O) groups is 2. The maximum Gasteiger partial charge on any atom is 0.308 e. The third-order valence-corrected chi connectivity index (χ3v) is 6.67. The van der Waals surface area contributed by atoms with Crippen LogP contribution in [0.1, 0.15) is 42.5 Å². The summed E-state index contributed by atoms with van der Waals surface area (Å²) in [6, 6.07) is 11.3. The maximum atomic E-state index is 13.4. The van der Waals surface area contributed by atoms with Gasteiger partial charge in [-0.1, -0.05) is 35.9 Å². The summed E-state index contributed by atoms with van der Waals surface area (Å²) in [5.74, 6) is 0.708. The summed E-state index contributed by atoms with van der Waals surface area (Å²) in [4.78, 5) is 24.9. The van der Waals surface area contributed by atoms with Gasteiger partial charge in [0.2, 0.25) is 0 Å². The van der Waals surface area contributed by atoms with Crippen LogP contribution in [0.25, 0.3) is 10.8 Å². The third-order valence-electron chi connectivity index (χ3n) is 6.34. The lowest BCUT2D eigenvalue weighted by atomic mass is 9.86. The van der Waals surface area contributed by atoms with Crippen LogP contribution in [0.2, 0.25) is 5.02 Å². The Morgan fingerprint density at radius 1 is 1.03 bits per heavy atom. The zero-order valence-electron chi connectivity index (χ0n) is 18.9. The summed E-state index contributed by atoms with van der Waals surface area (Å²) in [6.45, 7) is 8.96. The SMILES string of the molecule is CC(=O)Oc1c(C)c(C)c2c(c1C)CCC(C)(C(=O)Nc1ccc(Cl)c3ccccc13)O2. The molecule has 1 unspecified atom stereocenters. The molecule has 0 bridgehead atoms. The van der Waals surface area contributed by atoms with Gasteiger partial charge >= 0.3 is 5.97 Å². The Balaban J connectivity index is 1.67. The van der Waals surface area contributed by atoms with Crippen LogP contribution in [0.5, 0.6) is 11.5 Å². The van der Waals surface area contributed by atoms with Crippen molar-refractivity contribution in [2.45, 2.75) is 53.1 Å². The van der Waals surface area contributed by atoms with Gasteiger partial charge in [-0.15, -0.1) is 0 Å². The van der Waals surface area contributed by atoms with Gasteiger partial charge in [-0.3, -0.25) is 9.59 Å². The van der Waals surface area contributed by atoms with E-state index in [1.165, 1.54) is 6.92 Å². The molecule has 1 heterocycles.